The highest BCUT2D eigenvalue weighted by Crippen LogP contribution is 2.49. The van der Waals surface area contributed by atoms with E-state index in [1.54, 1.807) is 6.07 Å². The number of rotatable bonds is 1. The molecule has 4 heteroatoms. The fourth-order valence-corrected chi connectivity index (χ4v) is 3.94. The summed E-state index contributed by atoms with van der Waals surface area (Å²) in [5.74, 6) is 0. The Morgan fingerprint density at radius 3 is 2.00 bits per heavy atom. The van der Waals surface area contributed by atoms with E-state index in [0.29, 0.717) is 20.1 Å². The maximum atomic E-state index is 6.47. The fourth-order valence-electron chi connectivity index (χ4n) is 3.04. The highest BCUT2D eigenvalue weighted by Gasteiger charge is 2.26. The molecule has 0 atom stereocenters. The van der Waals surface area contributed by atoms with Gasteiger partial charge in [-0.2, -0.15) is 0 Å². The standard InChI is InChI=1S/C20H10Cl4/c21-12-3-1-11(2-4-12)7-16-17-8-13(22)5-6-15(17)20-18(16)9-14(23)10-19(20)24/h1-10H/b16-7-. The van der Waals surface area contributed by atoms with Crippen LogP contribution < -0.4 is 0 Å². The molecule has 1 aliphatic rings. The normalized spacial score (nSPS) is 13.9. The van der Waals surface area contributed by atoms with E-state index < -0.39 is 0 Å². The molecule has 0 N–H and O–H groups in total. The van der Waals surface area contributed by atoms with Crippen LogP contribution >= 0.6 is 46.4 Å². The minimum Gasteiger partial charge on any atom is -0.0843 e. The number of hydrogen-bond acceptors (Lipinski definition) is 0. The Hall–Kier alpha value is -1.44. The lowest BCUT2D eigenvalue weighted by molar-refractivity contribution is 1.64. The van der Waals surface area contributed by atoms with E-state index in [4.69, 9.17) is 46.4 Å². The van der Waals surface area contributed by atoms with Crippen LogP contribution in [0, 0.1) is 0 Å². The van der Waals surface area contributed by atoms with Gasteiger partial charge in [-0.05, 0) is 70.3 Å². The molecule has 0 aromatic heterocycles. The second kappa shape index (κ2) is 6.13. The van der Waals surface area contributed by atoms with Gasteiger partial charge in [-0.15, -0.1) is 0 Å². The summed E-state index contributed by atoms with van der Waals surface area (Å²) in [6, 6.07) is 17.2. The molecule has 24 heavy (non-hydrogen) atoms. The lowest BCUT2D eigenvalue weighted by atomic mass is 10.0. The van der Waals surface area contributed by atoms with Crippen LogP contribution in [-0.4, -0.2) is 0 Å². The van der Waals surface area contributed by atoms with Crippen molar-refractivity contribution in [3.63, 3.8) is 0 Å². The van der Waals surface area contributed by atoms with Crippen molar-refractivity contribution in [1.82, 2.24) is 0 Å². The third-order valence-corrected chi connectivity index (χ3v) is 5.07. The van der Waals surface area contributed by atoms with Crippen molar-refractivity contribution >= 4 is 58.1 Å². The first-order valence-electron chi connectivity index (χ1n) is 7.30. The highest BCUT2D eigenvalue weighted by atomic mass is 35.5. The Kier molecular flexibility index (Phi) is 4.10. The summed E-state index contributed by atoms with van der Waals surface area (Å²) in [6.45, 7) is 0. The van der Waals surface area contributed by atoms with Gasteiger partial charge in [-0.1, -0.05) is 64.6 Å². The van der Waals surface area contributed by atoms with Crippen LogP contribution in [0.2, 0.25) is 20.1 Å². The molecule has 0 bridgehead atoms. The lowest BCUT2D eigenvalue weighted by Crippen LogP contribution is -1.83. The van der Waals surface area contributed by atoms with Gasteiger partial charge in [-0.3, -0.25) is 0 Å². The largest absolute Gasteiger partial charge is 0.0843 e. The van der Waals surface area contributed by atoms with Crippen LogP contribution in [0.25, 0.3) is 22.8 Å². The summed E-state index contributed by atoms with van der Waals surface area (Å²) in [5.41, 5.74) is 6.22. The summed E-state index contributed by atoms with van der Waals surface area (Å²) in [7, 11) is 0. The van der Waals surface area contributed by atoms with Crippen molar-refractivity contribution in [3.05, 3.63) is 91.4 Å². The van der Waals surface area contributed by atoms with E-state index in [0.717, 1.165) is 33.4 Å². The molecule has 3 aromatic carbocycles. The maximum Gasteiger partial charge on any atom is 0.0505 e. The van der Waals surface area contributed by atoms with Gasteiger partial charge < -0.3 is 0 Å². The van der Waals surface area contributed by atoms with Crippen molar-refractivity contribution < 1.29 is 0 Å². The summed E-state index contributed by atoms with van der Waals surface area (Å²) >= 11 is 24.9. The molecule has 0 heterocycles. The predicted octanol–water partition coefficient (Wildman–Crippen LogP) is 7.87. The van der Waals surface area contributed by atoms with E-state index in [1.165, 1.54) is 0 Å². The van der Waals surface area contributed by atoms with Gasteiger partial charge in [0.05, 0.1) is 5.02 Å². The highest BCUT2D eigenvalue weighted by molar-refractivity contribution is 6.38. The molecular weight excluding hydrogens is 382 g/mol. The van der Waals surface area contributed by atoms with Crippen LogP contribution in [0.5, 0.6) is 0 Å². The third-order valence-electron chi connectivity index (χ3n) is 4.07. The van der Waals surface area contributed by atoms with Crippen LogP contribution in [0.3, 0.4) is 0 Å². The average Bonchev–Trinajstić information content (AvgIpc) is 2.83. The van der Waals surface area contributed by atoms with Crippen molar-refractivity contribution in [2.75, 3.05) is 0 Å². The fraction of sp³-hybridized carbons (Fsp3) is 0. The van der Waals surface area contributed by atoms with E-state index in [9.17, 15) is 0 Å². The SMILES string of the molecule is Clc1ccc(/C=C2/c3cc(Cl)ccc3-c3c(Cl)cc(Cl)cc32)cc1. The molecule has 0 fully saturated rings. The Morgan fingerprint density at radius 2 is 1.25 bits per heavy atom. The van der Waals surface area contributed by atoms with E-state index in [2.05, 4.69) is 6.08 Å². The molecule has 1 aliphatic carbocycles. The molecular formula is C20H10Cl4. The van der Waals surface area contributed by atoms with E-state index >= 15 is 0 Å². The van der Waals surface area contributed by atoms with Crippen LogP contribution in [-0.2, 0) is 0 Å². The summed E-state index contributed by atoms with van der Waals surface area (Å²) < 4.78 is 0. The predicted molar refractivity (Wildman–Crippen MR) is 105 cm³/mol. The second-order valence-electron chi connectivity index (χ2n) is 5.61. The minimum absolute atomic E-state index is 0.611. The Bertz CT molecular complexity index is 985. The summed E-state index contributed by atoms with van der Waals surface area (Å²) in [5, 5.41) is 2.64. The summed E-state index contributed by atoms with van der Waals surface area (Å²) in [4.78, 5) is 0. The number of halogens is 4. The van der Waals surface area contributed by atoms with Gasteiger partial charge in [0, 0.05) is 20.6 Å². The van der Waals surface area contributed by atoms with Crippen LogP contribution in [0.1, 0.15) is 16.7 Å². The smallest absolute Gasteiger partial charge is 0.0505 e. The zero-order valence-corrected chi connectivity index (χ0v) is 15.3. The van der Waals surface area contributed by atoms with Gasteiger partial charge >= 0.3 is 0 Å². The quantitative estimate of drug-likeness (QED) is 0.309. The molecule has 0 saturated heterocycles. The number of benzene rings is 3. The van der Waals surface area contributed by atoms with Gasteiger partial charge in [-0.25, -0.2) is 0 Å². The van der Waals surface area contributed by atoms with Crippen LogP contribution in [0.15, 0.2) is 54.6 Å². The third kappa shape index (κ3) is 2.74. The monoisotopic (exact) mass is 390 g/mol. The molecule has 0 unspecified atom stereocenters. The molecule has 4 rings (SSSR count). The van der Waals surface area contributed by atoms with Crippen molar-refractivity contribution in [2.24, 2.45) is 0 Å². The van der Waals surface area contributed by atoms with Crippen molar-refractivity contribution in [3.8, 4) is 11.1 Å². The first-order valence-corrected chi connectivity index (χ1v) is 8.81. The van der Waals surface area contributed by atoms with Gasteiger partial charge in [0.15, 0.2) is 0 Å². The summed E-state index contributed by atoms with van der Waals surface area (Å²) in [6.07, 6.45) is 2.10. The number of hydrogen-bond donors (Lipinski definition) is 0. The second-order valence-corrected chi connectivity index (χ2v) is 7.33. The number of fused-ring (bicyclic) bond motifs is 3. The zero-order chi connectivity index (χ0) is 16.8. The van der Waals surface area contributed by atoms with Crippen LogP contribution in [0.4, 0.5) is 0 Å². The van der Waals surface area contributed by atoms with Crippen molar-refractivity contribution in [1.29, 1.82) is 0 Å². The van der Waals surface area contributed by atoms with Gasteiger partial charge in [0.2, 0.25) is 0 Å². The lowest BCUT2D eigenvalue weighted by Gasteiger charge is -2.05. The topological polar surface area (TPSA) is 0 Å². The average molecular weight is 392 g/mol. The zero-order valence-electron chi connectivity index (χ0n) is 12.3. The molecule has 0 saturated carbocycles. The Morgan fingerprint density at radius 1 is 0.583 bits per heavy atom. The molecule has 118 valence electrons. The molecule has 0 amide bonds. The van der Waals surface area contributed by atoms with E-state index in [1.807, 2.05) is 48.5 Å². The molecule has 3 aromatic rings. The van der Waals surface area contributed by atoms with E-state index in [-0.39, 0.29) is 0 Å². The molecule has 0 radical (unpaired) electrons. The first-order chi connectivity index (χ1) is 11.5. The van der Waals surface area contributed by atoms with Crippen molar-refractivity contribution in [2.45, 2.75) is 0 Å². The molecule has 0 nitrogen and oxygen atoms in total. The van der Waals surface area contributed by atoms with Gasteiger partial charge in [0.1, 0.15) is 0 Å². The maximum absolute atomic E-state index is 6.47. The molecule has 0 spiro atoms. The first kappa shape index (κ1) is 16.1. The Labute approximate surface area is 160 Å². The minimum atomic E-state index is 0.611. The molecule has 0 aliphatic heterocycles. The van der Waals surface area contributed by atoms with Gasteiger partial charge in [0.25, 0.3) is 0 Å². The Balaban J connectivity index is 2.01.